The Morgan fingerprint density at radius 3 is 2.74 bits per heavy atom. The van der Waals surface area contributed by atoms with E-state index >= 15 is 0 Å². The van der Waals surface area contributed by atoms with Crippen molar-refractivity contribution in [2.24, 2.45) is 7.05 Å². The highest BCUT2D eigenvalue weighted by atomic mass is 16.5. The number of tetrazole rings is 1. The van der Waals surface area contributed by atoms with E-state index < -0.39 is 0 Å². The van der Waals surface area contributed by atoms with Gasteiger partial charge in [-0.1, -0.05) is 0 Å². The Labute approximate surface area is 111 Å². The molecule has 2 aromatic rings. The van der Waals surface area contributed by atoms with Gasteiger partial charge in [0.2, 0.25) is 0 Å². The Bertz CT molecular complexity index is 670. The van der Waals surface area contributed by atoms with Gasteiger partial charge >= 0.3 is 0 Å². The zero-order valence-electron chi connectivity index (χ0n) is 11.5. The van der Waals surface area contributed by atoms with Gasteiger partial charge in [0, 0.05) is 18.2 Å². The molecule has 0 aliphatic carbocycles. The molecule has 5 heteroatoms. The summed E-state index contributed by atoms with van der Waals surface area (Å²) in [5.41, 5.74) is 3.00. The first-order valence-corrected chi connectivity index (χ1v) is 6.22. The fourth-order valence-corrected chi connectivity index (χ4v) is 2.13. The SMILES string of the molecule is CC1=Cc2cc(-c3nnnn3C)ccc2OC1(C)C. The zero-order valence-corrected chi connectivity index (χ0v) is 11.5. The Morgan fingerprint density at radius 1 is 1.26 bits per heavy atom. The summed E-state index contributed by atoms with van der Waals surface area (Å²) in [6.45, 7) is 6.23. The van der Waals surface area contributed by atoms with Crippen molar-refractivity contribution in [3.63, 3.8) is 0 Å². The maximum absolute atomic E-state index is 6.01. The number of aromatic nitrogens is 4. The van der Waals surface area contributed by atoms with Crippen LogP contribution in [-0.2, 0) is 7.05 Å². The first kappa shape index (κ1) is 11.9. The zero-order chi connectivity index (χ0) is 13.6. The number of fused-ring (bicyclic) bond motifs is 1. The summed E-state index contributed by atoms with van der Waals surface area (Å²) in [5.74, 6) is 1.65. The lowest BCUT2D eigenvalue weighted by Crippen LogP contribution is -2.31. The van der Waals surface area contributed by atoms with Crippen LogP contribution in [0.1, 0.15) is 26.3 Å². The van der Waals surface area contributed by atoms with Crippen LogP contribution in [-0.4, -0.2) is 25.8 Å². The number of hydrogen-bond acceptors (Lipinski definition) is 4. The number of nitrogens with zero attached hydrogens (tertiary/aromatic N) is 4. The van der Waals surface area contributed by atoms with Crippen LogP contribution < -0.4 is 4.74 Å². The molecular weight excluding hydrogens is 240 g/mol. The molecule has 1 aliphatic rings. The molecule has 3 rings (SSSR count). The Kier molecular flexibility index (Phi) is 2.45. The molecule has 1 aromatic carbocycles. The molecule has 2 heterocycles. The summed E-state index contributed by atoms with van der Waals surface area (Å²) in [5, 5.41) is 11.5. The summed E-state index contributed by atoms with van der Waals surface area (Å²) in [6.07, 6.45) is 2.16. The van der Waals surface area contributed by atoms with Crippen molar-refractivity contribution in [1.29, 1.82) is 0 Å². The third kappa shape index (κ3) is 1.91. The molecule has 98 valence electrons. The van der Waals surface area contributed by atoms with Crippen LogP contribution in [0.2, 0.25) is 0 Å². The van der Waals surface area contributed by atoms with Crippen molar-refractivity contribution < 1.29 is 4.74 Å². The number of benzene rings is 1. The van der Waals surface area contributed by atoms with Crippen molar-refractivity contribution in [2.45, 2.75) is 26.4 Å². The minimum atomic E-state index is -0.249. The molecule has 0 bridgehead atoms. The molecule has 5 nitrogen and oxygen atoms in total. The first-order valence-electron chi connectivity index (χ1n) is 6.22. The summed E-state index contributed by atoms with van der Waals surface area (Å²) in [7, 11) is 1.83. The number of ether oxygens (including phenoxy) is 1. The van der Waals surface area contributed by atoms with Crippen molar-refractivity contribution in [2.75, 3.05) is 0 Å². The van der Waals surface area contributed by atoms with E-state index in [4.69, 9.17) is 4.74 Å². The molecule has 0 N–H and O–H groups in total. The van der Waals surface area contributed by atoms with Gasteiger partial charge in [0.05, 0.1) is 0 Å². The van der Waals surface area contributed by atoms with E-state index in [1.807, 2.05) is 19.2 Å². The molecule has 0 radical (unpaired) electrons. The fourth-order valence-electron chi connectivity index (χ4n) is 2.13. The van der Waals surface area contributed by atoms with Gasteiger partial charge in [-0.05, 0) is 61.0 Å². The number of aryl methyl sites for hydroxylation is 1. The predicted octanol–water partition coefficient (Wildman–Crippen LogP) is 2.45. The molecule has 0 saturated heterocycles. The van der Waals surface area contributed by atoms with E-state index in [1.54, 1.807) is 4.68 Å². The normalized spacial score (nSPS) is 16.5. The average molecular weight is 256 g/mol. The maximum atomic E-state index is 6.01. The van der Waals surface area contributed by atoms with Crippen molar-refractivity contribution in [3.05, 3.63) is 29.3 Å². The molecule has 0 saturated carbocycles. The van der Waals surface area contributed by atoms with Crippen LogP contribution >= 0.6 is 0 Å². The highest BCUT2D eigenvalue weighted by molar-refractivity contribution is 5.70. The van der Waals surface area contributed by atoms with Crippen molar-refractivity contribution in [3.8, 4) is 17.1 Å². The molecule has 0 spiro atoms. The number of hydrogen-bond donors (Lipinski definition) is 0. The van der Waals surface area contributed by atoms with Crippen LogP contribution in [0.25, 0.3) is 17.5 Å². The van der Waals surface area contributed by atoms with Gasteiger partial charge in [-0.2, -0.15) is 0 Å². The van der Waals surface area contributed by atoms with Gasteiger partial charge in [-0.25, -0.2) is 4.68 Å². The largest absolute Gasteiger partial charge is 0.483 e. The lowest BCUT2D eigenvalue weighted by molar-refractivity contribution is 0.145. The maximum Gasteiger partial charge on any atom is 0.181 e. The highest BCUT2D eigenvalue weighted by Gasteiger charge is 2.27. The van der Waals surface area contributed by atoms with Crippen LogP contribution in [0, 0.1) is 0 Å². The lowest BCUT2D eigenvalue weighted by atomic mass is 9.93. The topological polar surface area (TPSA) is 52.8 Å². The van der Waals surface area contributed by atoms with Crippen LogP contribution in [0.5, 0.6) is 5.75 Å². The van der Waals surface area contributed by atoms with Gasteiger partial charge in [0.1, 0.15) is 11.4 Å². The Balaban J connectivity index is 2.09. The fraction of sp³-hybridized carbons (Fsp3) is 0.357. The van der Waals surface area contributed by atoms with Gasteiger partial charge in [-0.15, -0.1) is 5.10 Å². The van der Waals surface area contributed by atoms with Crippen molar-refractivity contribution in [1.82, 2.24) is 20.2 Å². The quantitative estimate of drug-likeness (QED) is 0.786. The molecule has 0 unspecified atom stereocenters. The smallest absolute Gasteiger partial charge is 0.181 e. The molecule has 1 aromatic heterocycles. The minimum absolute atomic E-state index is 0.249. The second kappa shape index (κ2) is 3.91. The second-order valence-electron chi connectivity index (χ2n) is 5.32. The monoisotopic (exact) mass is 256 g/mol. The van der Waals surface area contributed by atoms with E-state index in [-0.39, 0.29) is 5.60 Å². The molecule has 1 aliphatic heterocycles. The number of rotatable bonds is 1. The van der Waals surface area contributed by atoms with Gasteiger partial charge in [0.15, 0.2) is 5.82 Å². The van der Waals surface area contributed by atoms with E-state index in [0.717, 1.165) is 22.7 Å². The van der Waals surface area contributed by atoms with E-state index in [1.165, 1.54) is 5.57 Å². The average Bonchev–Trinajstić information content (AvgIpc) is 2.76. The predicted molar refractivity (Wildman–Crippen MR) is 72.6 cm³/mol. The summed E-state index contributed by atoms with van der Waals surface area (Å²) < 4.78 is 7.67. The van der Waals surface area contributed by atoms with Gasteiger partial charge in [0.25, 0.3) is 0 Å². The van der Waals surface area contributed by atoms with Gasteiger partial charge in [-0.3, -0.25) is 0 Å². The Morgan fingerprint density at radius 2 is 2.05 bits per heavy atom. The second-order valence-corrected chi connectivity index (χ2v) is 5.32. The third-order valence-corrected chi connectivity index (χ3v) is 3.57. The summed E-state index contributed by atoms with van der Waals surface area (Å²) in [6, 6.07) is 6.01. The standard InChI is InChI=1S/C14H16N4O/c1-9-7-11-8-10(13-15-16-17-18(13)4)5-6-12(11)19-14(9,2)3/h5-8H,1-4H3. The van der Waals surface area contributed by atoms with Crippen LogP contribution in [0.4, 0.5) is 0 Å². The molecule has 19 heavy (non-hydrogen) atoms. The van der Waals surface area contributed by atoms with E-state index in [2.05, 4.69) is 48.4 Å². The third-order valence-electron chi connectivity index (χ3n) is 3.57. The summed E-state index contributed by atoms with van der Waals surface area (Å²) in [4.78, 5) is 0. The minimum Gasteiger partial charge on any atom is -0.483 e. The molecule has 0 fully saturated rings. The lowest BCUT2D eigenvalue weighted by Gasteiger charge is -2.32. The first-order chi connectivity index (χ1) is 8.97. The van der Waals surface area contributed by atoms with E-state index in [0.29, 0.717) is 0 Å². The molecule has 0 atom stereocenters. The molecule has 0 amide bonds. The Hall–Kier alpha value is -2.17. The van der Waals surface area contributed by atoms with Crippen molar-refractivity contribution >= 4 is 6.08 Å². The van der Waals surface area contributed by atoms with E-state index in [9.17, 15) is 0 Å². The van der Waals surface area contributed by atoms with Crippen LogP contribution in [0.3, 0.4) is 0 Å². The molecular formula is C14H16N4O. The highest BCUT2D eigenvalue weighted by Crippen LogP contribution is 2.36. The van der Waals surface area contributed by atoms with Gasteiger partial charge < -0.3 is 4.74 Å². The summed E-state index contributed by atoms with van der Waals surface area (Å²) >= 11 is 0. The van der Waals surface area contributed by atoms with Crippen LogP contribution in [0.15, 0.2) is 23.8 Å².